The summed E-state index contributed by atoms with van der Waals surface area (Å²) >= 11 is 0. The maximum Gasteiger partial charge on any atom is 0.148 e. The van der Waals surface area contributed by atoms with Gasteiger partial charge in [0.25, 0.3) is 0 Å². The van der Waals surface area contributed by atoms with Gasteiger partial charge in [-0.2, -0.15) is 0 Å². The van der Waals surface area contributed by atoms with Crippen molar-refractivity contribution in [2.45, 2.75) is 32.9 Å². The predicted octanol–water partition coefficient (Wildman–Crippen LogP) is 2.76. The Labute approximate surface area is 129 Å². The lowest BCUT2D eigenvalue weighted by atomic mass is 10.0. The molecule has 0 aliphatic carbocycles. The first-order chi connectivity index (χ1) is 10.0. The first-order valence-electron chi connectivity index (χ1n) is 7.55. The van der Waals surface area contributed by atoms with Crippen LogP contribution < -0.4 is 10.1 Å². The topological polar surface area (TPSA) is 24.5 Å². The minimum Gasteiger partial charge on any atom is -0.481 e. The maximum atomic E-state index is 5.59. The van der Waals surface area contributed by atoms with Gasteiger partial charge in [0.05, 0.1) is 0 Å². The number of nitrogens with zero attached hydrogens (tertiary/aromatic N) is 1. The molecule has 0 heterocycles. The molecule has 1 N–H and O–H groups in total. The molecule has 0 aromatic heterocycles. The molecule has 0 aliphatic heterocycles. The van der Waals surface area contributed by atoms with Gasteiger partial charge in [-0.15, -0.1) is 6.42 Å². The van der Waals surface area contributed by atoms with Crippen LogP contribution in [0.5, 0.6) is 5.75 Å². The normalized spacial score (nSPS) is 12.4. The summed E-state index contributed by atoms with van der Waals surface area (Å²) in [6.45, 7) is 6.66. The van der Waals surface area contributed by atoms with Crippen molar-refractivity contribution in [1.82, 2.24) is 10.2 Å². The quantitative estimate of drug-likeness (QED) is 0.707. The Kier molecular flexibility index (Phi) is 7.89. The zero-order valence-corrected chi connectivity index (χ0v) is 13.7. The Hall–Kier alpha value is -1.50. The largest absolute Gasteiger partial charge is 0.481 e. The Morgan fingerprint density at radius 3 is 2.62 bits per heavy atom. The minimum absolute atomic E-state index is 0.310. The summed E-state index contributed by atoms with van der Waals surface area (Å²) in [6, 6.07) is 8.53. The second-order valence-corrected chi connectivity index (χ2v) is 6.07. The molecule has 1 unspecified atom stereocenters. The van der Waals surface area contributed by atoms with Gasteiger partial charge in [0, 0.05) is 24.7 Å². The molecule has 0 fully saturated rings. The predicted molar refractivity (Wildman–Crippen MR) is 89.4 cm³/mol. The van der Waals surface area contributed by atoms with E-state index in [0.717, 1.165) is 30.8 Å². The van der Waals surface area contributed by atoms with Crippen LogP contribution in [0.4, 0.5) is 0 Å². The standard InChI is InChI=1S/C18H28N2O/c1-6-11-21-18-10-8-7-9-16(18)13-19-17(12-15(2)3)14-20(4)5/h1,7-10,15,17,19H,11-14H2,2-5H3. The highest BCUT2D eigenvalue weighted by molar-refractivity contribution is 5.33. The average molecular weight is 288 g/mol. The summed E-state index contributed by atoms with van der Waals surface area (Å²) in [5, 5.41) is 3.64. The second-order valence-electron chi connectivity index (χ2n) is 6.07. The van der Waals surface area contributed by atoms with Crippen LogP contribution in [0.2, 0.25) is 0 Å². The van der Waals surface area contributed by atoms with Crippen LogP contribution in [-0.2, 0) is 6.54 Å². The fourth-order valence-electron chi connectivity index (χ4n) is 2.40. The molecule has 3 nitrogen and oxygen atoms in total. The molecule has 0 spiro atoms. The molecular weight excluding hydrogens is 260 g/mol. The van der Waals surface area contributed by atoms with Crippen molar-refractivity contribution in [1.29, 1.82) is 0 Å². The fourth-order valence-corrected chi connectivity index (χ4v) is 2.40. The van der Waals surface area contributed by atoms with Gasteiger partial charge in [0.15, 0.2) is 0 Å². The molecule has 1 aromatic carbocycles. The van der Waals surface area contributed by atoms with E-state index in [0.29, 0.717) is 18.6 Å². The second kappa shape index (κ2) is 9.44. The molecule has 0 amide bonds. The number of ether oxygens (including phenoxy) is 1. The van der Waals surface area contributed by atoms with Crippen LogP contribution in [0.25, 0.3) is 0 Å². The lowest BCUT2D eigenvalue weighted by Gasteiger charge is -2.24. The molecule has 1 rings (SSSR count). The molecule has 3 heteroatoms. The van der Waals surface area contributed by atoms with E-state index in [1.165, 1.54) is 0 Å². The Bertz CT molecular complexity index is 439. The van der Waals surface area contributed by atoms with Gasteiger partial charge in [0.2, 0.25) is 0 Å². The molecule has 116 valence electrons. The molecule has 0 aliphatic rings. The molecule has 0 bridgehead atoms. The number of benzene rings is 1. The Morgan fingerprint density at radius 1 is 1.29 bits per heavy atom. The summed E-state index contributed by atoms with van der Waals surface area (Å²) in [7, 11) is 4.22. The van der Waals surface area contributed by atoms with Gasteiger partial charge in [0.1, 0.15) is 12.4 Å². The van der Waals surface area contributed by atoms with E-state index in [1.807, 2.05) is 18.2 Å². The van der Waals surface area contributed by atoms with Crippen LogP contribution in [0.15, 0.2) is 24.3 Å². The van der Waals surface area contributed by atoms with Crippen LogP contribution in [0, 0.1) is 18.3 Å². The van der Waals surface area contributed by atoms with Gasteiger partial charge in [-0.1, -0.05) is 38.0 Å². The first kappa shape index (κ1) is 17.6. The molecule has 0 saturated heterocycles. The maximum absolute atomic E-state index is 5.59. The zero-order valence-electron chi connectivity index (χ0n) is 13.7. The van der Waals surface area contributed by atoms with Crippen LogP contribution in [-0.4, -0.2) is 38.2 Å². The van der Waals surface area contributed by atoms with E-state index in [1.54, 1.807) is 0 Å². The van der Waals surface area contributed by atoms with Gasteiger partial charge in [-0.05, 0) is 32.5 Å². The van der Waals surface area contributed by atoms with E-state index in [2.05, 4.69) is 50.1 Å². The van der Waals surface area contributed by atoms with E-state index >= 15 is 0 Å². The van der Waals surface area contributed by atoms with E-state index in [4.69, 9.17) is 11.2 Å². The highest BCUT2D eigenvalue weighted by Gasteiger charge is 2.12. The zero-order chi connectivity index (χ0) is 15.7. The summed E-state index contributed by atoms with van der Waals surface area (Å²) in [4.78, 5) is 2.22. The third-order valence-electron chi connectivity index (χ3n) is 3.21. The van der Waals surface area contributed by atoms with Crippen molar-refractivity contribution in [3.8, 4) is 18.1 Å². The van der Waals surface area contributed by atoms with Crippen molar-refractivity contribution in [2.75, 3.05) is 27.2 Å². The minimum atomic E-state index is 0.310. The van der Waals surface area contributed by atoms with Crippen molar-refractivity contribution in [3.63, 3.8) is 0 Å². The van der Waals surface area contributed by atoms with Gasteiger partial charge in [-0.3, -0.25) is 0 Å². The van der Waals surface area contributed by atoms with Gasteiger partial charge in [-0.25, -0.2) is 0 Å². The van der Waals surface area contributed by atoms with Crippen molar-refractivity contribution in [2.24, 2.45) is 5.92 Å². The number of terminal acetylenes is 1. The third-order valence-corrected chi connectivity index (χ3v) is 3.21. The molecule has 21 heavy (non-hydrogen) atoms. The van der Waals surface area contributed by atoms with Gasteiger partial charge >= 0.3 is 0 Å². The van der Waals surface area contributed by atoms with Gasteiger partial charge < -0.3 is 15.0 Å². The Morgan fingerprint density at radius 2 is 2.00 bits per heavy atom. The highest BCUT2D eigenvalue weighted by atomic mass is 16.5. The number of hydrogen-bond acceptors (Lipinski definition) is 3. The first-order valence-corrected chi connectivity index (χ1v) is 7.55. The summed E-state index contributed by atoms with van der Waals surface area (Å²) in [6.07, 6.45) is 6.42. The average Bonchev–Trinajstić information content (AvgIpc) is 2.42. The number of rotatable bonds is 9. The Balaban J connectivity index is 2.64. The number of para-hydroxylation sites is 1. The number of nitrogens with one attached hydrogen (secondary N) is 1. The summed E-state index contributed by atoms with van der Waals surface area (Å²) in [5.41, 5.74) is 1.15. The molecule has 0 radical (unpaired) electrons. The molecule has 1 atom stereocenters. The monoisotopic (exact) mass is 288 g/mol. The van der Waals surface area contributed by atoms with Crippen molar-refractivity contribution in [3.05, 3.63) is 29.8 Å². The van der Waals surface area contributed by atoms with E-state index < -0.39 is 0 Å². The fraction of sp³-hybridized carbons (Fsp3) is 0.556. The summed E-state index contributed by atoms with van der Waals surface area (Å²) < 4.78 is 5.59. The highest BCUT2D eigenvalue weighted by Crippen LogP contribution is 2.18. The smallest absolute Gasteiger partial charge is 0.148 e. The van der Waals surface area contributed by atoms with E-state index in [9.17, 15) is 0 Å². The summed E-state index contributed by atoms with van der Waals surface area (Å²) in [5.74, 6) is 4.06. The number of likely N-dealkylation sites (N-methyl/N-ethyl adjacent to an activating group) is 1. The molecular formula is C18H28N2O. The lowest BCUT2D eigenvalue weighted by Crippen LogP contribution is -2.38. The molecule has 0 saturated carbocycles. The van der Waals surface area contributed by atoms with E-state index in [-0.39, 0.29) is 0 Å². The SMILES string of the molecule is C#CCOc1ccccc1CNC(CC(C)C)CN(C)C. The van der Waals surface area contributed by atoms with Crippen molar-refractivity contribution >= 4 is 0 Å². The lowest BCUT2D eigenvalue weighted by molar-refractivity contribution is 0.302. The van der Waals surface area contributed by atoms with Crippen LogP contribution in [0.1, 0.15) is 25.8 Å². The van der Waals surface area contributed by atoms with Crippen LogP contribution in [0.3, 0.4) is 0 Å². The third kappa shape index (κ3) is 7.17. The van der Waals surface area contributed by atoms with Crippen LogP contribution >= 0.6 is 0 Å². The van der Waals surface area contributed by atoms with Crippen molar-refractivity contribution < 1.29 is 4.74 Å². The number of hydrogen-bond donors (Lipinski definition) is 1. The molecule has 1 aromatic rings.